The van der Waals surface area contributed by atoms with E-state index in [1.165, 1.54) is 10.4 Å². The van der Waals surface area contributed by atoms with Crippen molar-refractivity contribution in [1.82, 2.24) is 25.5 Å². The Kier molecular flexibility index (Phi) is 4.42. The zero-order valence-electron chi connectivity index (χ0n) is 11.4. The van der Waals surface area contributed by atoms with Gasteiger partial charge in [-0.2, -0.15) is 0 Å². The Bertz CT molecular complexity index is 710. The molecule has 0 saturated heterocycles. The van der Waals surface area contributed by atoms with Crippen molar-refractivity contribution in [3.8, 4) is 5.69 Å². The number of rotatable bonds is 5. The molecule has 0 saturated carbocycles. The van der Waals surface area contributed by atoms with E-state index in [-0.39, 0.29) is 6.04 Å². The molecule has 0 spiro atoms. The Morgan fingerprint density at radius 2 is 2.29 bits per heavy atom. The molecule has 3 rings (SSSR count). The topological polar surface area (TPSA) is 55.6 Å². The summed E-state index contributed by atoms with van der Waals surface area (Å²) in [5.41, 5.74) is 2.17. The normalized spacial score (nSPS) is 12.5. The molecule has 21 heavy (non-hydrogen) atoms. The third-order valence-corrected chi connectivity index (χ3v) is 4.89. The van der Waals surface area contributed by atoms with Gasteiger partial charge in [-0.05, 0) is 57.0 Å². The van der Waals surface area contributed by atoms with E-state index < -0.39 is 0 Å². The van der Waals surface area contributed by atoms with Crippen LogP contribution < -0.4 is 5.32 Å². The summed E-state index contributed by atoms with van der Waals surface area (Å²) in [6.07, 6.45) is 1.60. The van der Waals surface area contributed by atoms with Crippen LogP contribution in [0.5, 0.6) is 0 Å². The number of hydrogen-bond acceptors (Lipinski definition) is 5. The van der Waals surface area contributed by atoms with Crippen LogP contribution in [0.4, 0.5) is 0 Å². The van der Waals surface area contributed by atoms with Crippen molar-refractivity contribution in [3.05, 3.63) is 57.0 Å². The largest absolute Gasteiger partial charge is 0.305 e. The van der Waals surface area contributed by atoms with Crippen molar-refractivity contribution in [1.29, 1.82) is 0 Å². The number of halogens is 1. The lowest BCUT2D eigenvalue weighted by molar-refractivity contribution is 0.578. The molecule has 1 atom stereocenters. The molecule has 0 aliphatic carbocycles. The van der Waals surface area contributed by atoms with Gasteiger partial charge in [-0.3, -0.25) is 0 Å². The van der Waals surface area contributed by atoms with Crippen LogP contribution in [0.15, 0.2) is 46.5 Å². The standard InChI is InChI=1S/C14H14BrN5S/c1-10(16-7-14-6-12(15)8-21-14)11-3-2-4-13(5-11)20-9-17-18-19-20/h2-6,8-10,16H,7H2,1H3. The summed E-state index contributed by atoms with van der Waals surface area (Å²) in [4.78, 5) is 1.31. The lowest BCUT2D eigenvalue weighted by Crippen LogP contribution is -2.17. The van der Waals surface area contributed by atoms with E-state index in [0.29, 0.717) is 0 Å². The third kappa shape index (κ3) is 3.55. The van der Waals surface area contributed by atoms with E-state index in [0.717, 1.165) is 16.7 Å². The molecule has 0 fully saturated rings. The molecule has 3 aromatic rings. The lowest BCUT2D eigenvalue weighted by atomic mass is 10.1. The highest BCUT2D eigenvalue weighted by Gasteiger charge is 2.07. The molecule has 0 aliphatic rings. The van der Waals surface area contributed by atoms with Crippen LogP contribution in [0.2, 0.25) is 0 Å². The average Bonchev–Trinajstić information content (AvgIpc) is 3.16. The van der Waals surface area contributed by atoms with E-state index in [9.17, 15) is 0 Å². The van der Waals surface area contributed by atoms with Crippen LogP contribution in [0.25, 0.3) is 5.69 Å². The van der Waals surface area contributed by atoms with Gasteiger partial charge in [0.15, 0.2) is 0 Å². The fourth-order valence-corrected chi connectivity index (χ4v) is 3.44. The van der Waals surface area contributed by atoms with E-state index in [1.807, 2.05) is 12.1 Å². The second-order valence-electron chi connectivity index (χ2n) is 4.68. The van der Waals surface area contributed by atoms with Crippen molar-refractivity contribution in [3.63, 3.8) is 0 Å². The Hall–Kier alpha value is -1.57. The zero-order chi connectivity index (χ0) is 14.7. The Morgan fingerprint density at radius 3 is 3.00 bits per heavy atom. The summed E-state index contributed by atoms with van der Waals surface area (Å²) in [7, 11) is 0. The van der Waals surface area contributed by atoms with E-state index >= 15 is 0 Å². The highest BCUT2D eigenvalue weighted by atomic mass is 79.9. The van der Waals surface area contributed by atoms with Crippen LogP contribution in [0.3, 0.4) is 0 Å². The van der Waals surface area contributed by atoms with Crippen LogP contribution in [0, 0.1) is 0 Å². The Labute approximate surface area is 135 Å². The summed E-state index contributed by atoms with van der Waals surface area (Å²) >= 11 is 5.22. The van der Waals surface area contributed by atoms with Crippen molar-refractivity contribution in [2.45, 2.75) is 19.5 Å². The fraction of sp³-hybridized carbons (Fsp3) is 0.214. The van der Waals surface area contributed by atoms with Gasteiger partial charge in [0.05, 0.1) is 5.69 Å². The van der Waals surface area contributed by atoms with Crippen molar-refractivity contribution < 1.29 is 0 Å². The summed E-state index contributed by atoms with van der Waals surface area (Å²) in [5, 5.41) is 16.9. The monoisotopic (exact) mass is 363 g/mol. The van der Waals surface area contributed by atoms with Gasteiger partial charge in [0, 0.05) is 27.3 Å². The number of benzene rings is 1. The molecule has 2 heterocycles. The maximum absolute atomic E-state index is 3.91. The first kappa shape index (κ1) is 14.4. The first-order valence-electron chi connectivity index (χ1n) is 6.52. The molecule has 0 amide bonds. The SMILES string of the molecule is CC(NCc1cc(Br)cs1)c1cccc(-n2cnnn2)c1. The minimum atomic E-state index is 0.252. The Morgan fingerprint density at radius 1 is 1.38 bits per heavy atom. The molecule has 0 radical (unpaired) electrons. The van der Waals surface area contributed by atoms with Crippen molar-refractivity contribution in [2.24, 2.45) is 0 Å². The van der Waals surface area contributed by atoms with Crippen molar-refractivity contribution >= 4 is 27.3 Å². The van der Waals surface area contributed by atoms with Gasteiger partial charge in [-0.25, -0.2) is 4.68 Å². The summed E-state index contributed by atoms with van der Waals surface area (Å²) in [6.45, 7) is 3.01. The van der Waals surface area contributed by atoms with Gasteiger partial charge in [0.2, 0.25) is 0 Å². The summed E-state index contributed by atoms with van der Waals surface area (Å²) in [5.74, 6) is 0. The first-order chi connectivity index (χ1) is 10.2. The maximum atomic E-state index is 3.91. The highest BCUT2D eigenvalue weighted by Crippen LogP contribution is 2.21. The van der Waals surface area contributed by atoms with Crippen LogP contribution in [0.1, 0.15) is 23.4 Å². The average molecular weight is 364 g/mol. The molecule has 0 bridgehead atoms. The smallest absolute Gasteiger partial charge is 0.143 e. The Balaban J connectivity index is 1.69. The third-order valence-electron chi connectivity index (χ3n) is 3.19. The predicted molar refractivity (Wildman–Crippen MR) is 86.4 cm³/mol. The number of nitrogens with zero attached hydrogens (tertiary/aromatic N) is 4. The van der Waals surface area contributed by atoms with Gasteiger partial charge in [0.1, 0.15) is 6.33 Å². The maximum Gasteiger partial charge on any atom is 0.143 e. The van der Waals surface area contributed by atoms with Gasteiger partial charge >= 0.3 is 0 Å². The summed E-state index contributed by atoms with van der Waals surface area (Å²) < 4.78 is 2.80. The molecular weight excluding hydrogens is 350 g/mol. The second kappa shape index (κ2) is 6.46. The van der Waals surface area contributed by atoms with E-state index in [4.69, 9.17) is 0 Å². The quantitative estimate of drug-likeness (QED) is 0.755. The van der Waals surface area contributed by atoms with Gasteiger partial charge in [-0.1, -0.05) is 12.1 Å². The molecular formula is C14H14BrN5S. The molecule has 108 valence electrons. The zero-order valence-corrected chi connectivity index (χ0v) is 13.8. The number of tetrazole rings is 1. The highest BCUT2D eigenvalue weighted by molar-refractivity contribution is 9.10. The van der Waals surface area contributed by atoms with E-state index in [2.05, 4.69) is 67.3 Å². The molecule has 7 heteroatoms. The fourth-order valence-electron chi connectivity index (χ4n) is 2.03. The molecule has 5 nitrogen and oxygen atoms in total. The van der Waals surface area contributed by atoms with Gasteiger partial charge in [-0.15, -0.1) is 16.4 Å². The molecule has 1 unspecified atom stereocenters. The van der Waals surface area contributed by atoms with Gasteiger partial charge in [0.25, 0.3) is 0 Å². The van der Waals surface area contributed by atoms with Gasteiger partial charge < -0.3 is 5.32 Å². The minimum absolute atomic E-state index is 0.252. The molecule has 2 aromatic heterocycles. The summed E-state index contributed by atoms with van der Waals surface area (Å²) in [6, 6.07) is 10.6. The van der Waals surface area contributed by atoms with Crippen LogP contribution >= 0.6 is 27.3 Å². The molecule has 1 aromatic carbocycles. The second-order valence-corrected chi connectivity index (χ2v) is 6.59. The van der Waals surface area contributed by atoms with E-state index in [1.54, 1.807) is 22.3 Å². The first-order valence-corrected chi connectivity index (χ1v) is 8.19. The predicted octanol–water partition coefficient (Wildman–Crippen LogP) is 3.34. The van der Waals surface area contributed by atoms with Crippen LogP contribution in [-0.4, -0.2) is 20.2 Å². The number of aromatic nitrogens is 4. The minimum Gasteiger partial charge on any atom is -0.305 e. The number of hydrogen-bond donors (Lipinski definition) is 1. The lowest BCUT2D eigenvalue weighted by Gasteiger charge is -2.14. The molecule has 1 N–H and O–H groups in total. The van der Waals surface area contributed by atoms with Crippen LogP contribution in [-0.2, 0) is 6.54 Å². The molecule has 0 aliphatic heterocycles. The van der Waals surface area contributed by atoms with Crippen molar-refractivity contribution in [2.75, 3.05) is 0 Å². The number of nitrogens with one attached hydrogen (secondary N) is 1. The number of thiophene rings is 1.